The predicted octanol–water partition coefficient (Wildman–Crippen LogP) is 3.55. The second kappa shape index (κ2) is 8.72. The SMILES string of the molecule is O=C(O)Cc1ccccc1OCCCCOc1ccccc1. The molecule has 0 aliphatic heterocycles. The molecule has 0 unspecified atom stereocenters. The summed E-state index contributed by atoms with van der Waals surface area (Å²) in [7, 11) is 0. The highest BCUT2D eigenvalue weighted by Crippen LogP contribution is 2.19. The fourth-order valence-corrected chi connectivity index (χ4v) is 2.05. The van der Waals surface area contributed by atoms with Gasteiger partial charge in [-0.3, -0.25) is 4.79 Å². The Hall–Kier alpha value is -2.49. The summed E-state index contributed by atoms with van der Waals surface area (Å²) in [6.07, 6.45) is 1.72. The first-order chi connectivity index (χ1) is 10.8. The fourth-order valence-electron chi connectivity index (χ4n) is 2.05. The summed E-state index contributed by atoms with van der Waals surface area (Å²) in [6, 6.07) is 16.9. The molecular formula is C18H20O4. The van der Waals surface area contributed by atoms with Crippen LogP contribution in [0, 0.1) is 0 Å². The largest absolute Gasteiger partial charge is 0.494 e. The maximum absolute atomic E-state index is 10.8. The van der Waals surface area contributed by atoms with Gasteiger partial charge >= 0.3 is 5.97 Å². The third-order valence-electron chi connectivity index (χ3n) is 3.12. The lowest BCUT2D eigenvalue weighted by Gasteiger charge is -2.10. The van der Waals surface area contributed by atoms with E-state index in [-0.39, 0.29) is 6.42 Å². The van der Waals surface area contributed by atoms with Crippen molar-refractivity contribution in [1.29, 1.82) is 0 Å². The van der Waals surface area contributed by atoms with Gasteiger partial charge in [0.05, 0.1) is 19.6 Å². The molecule has 0 spiro atoms. The van der Waals surface area contributed by atoms with Crippen LogP contribution in [0.3, 0.4) is 0 Å². The third-order valence-corrected chi connectivity index (χ3v) is 3.12. The quantitative estimate of drug-likeness (QED) is 0.720. The summed E-state index contributed by atoms with van der Waals surface area (Å²) in [5.41, 5.74) is 0.704. The van der Waals surface area contributed by atoms with Crippen molar-refractivity contribution in [3.05, 3.63) is 60.2 Å². The molecule has 116 valence electrons. The smallest absolute Gasteiger partial charge is 0.307 e. The summed E-state index contributed by atoms with van der Waals surface area (Å²) < 4.78 is 11.3. The summed E-state index contributed by atoms with van der Waals surface area (Å²) in [5.74, 6) is 0.663. The van der Waals surface area contributed by atoms with Gasteiger partial charge in [-0.05, 0) is 31.0 Å². The van der Waals surface area contributed by atoms with Crippen molar-refractivity contribution in [2.45, 2.75) is 19.3 Å². The Bertz CT molecular complexity index is 581. The van der Waals surface area contributed by atoms with Crippen LogP contribution in [0.5, 0.6) is 11.5 Å². The van der Waals surface area contributed by atoms with E-state index in [4.69, 9.17) is 14.6 Å². The zero-order valence-electron chi connectivity index (χ0n) is 12.4. The number of carboxylic acid groups (broad SMARTS) is 1. The standard InChI is InChI=1S/C18H20O4/c19-18(20)14-15-8-4-5-11-17(15)22-13-7-6-12-21-16-9-2-1-3-10-16/h1-5,8-11H,6-7,12-14H2,(H,19,20). The van der Waals surface area contributed by atoms with E-state index in [1.165, 1.54) is 0 Å². The highest BCUT2D eigenvalue weighted by atomic mass is 16.5. The highest BCUT2D eigenvalue weighted by molar-refractivity contribution is 5.71. The Morgan fingerprint density at radius 3 is 2.23 bits per heavy atom. The molecule has 0 saturated carbocycles. The Morgan fingerprint density at radius 1 is 0.864 bits per heavy atom. The highest BCUT2D eigenvalue weighted by Gasteiger charge is 2.06. The molecule has 0 bridgehead atoms. The normalized spacial score (nSPS) is 10.2. The van der Waals surface area contributed by atoms with Gasteiger partial charge in [0.15, 0.2) is 0 Å². The Labute approximate surface area is 130 Å². The number of benzene rings is 2. The van der Waals surface area contributed by atoms with Gasteiger partial charge in [0.2, 0.25) is 0 Å². The molecule has 0 heterocycles. The summed E-state index contributed by atoms with van der Waals surface area (Å²) in [4.78, 5) is 10.8. The zero-order valence-corrected chi connectivity index (χ0v) is 12.4. The Kier molecular flexibility index (Phi) is 6.30. The van der Waals surface area contributed by atoms with E-state index < -0.39 is 5.97 Å². The molecule has 0 amide bonds. The number of carboxylic acids is 1. The summed E-state index contributed by atoms with van der Waals surface area (Å²) in [5, 5.41) is 8.87. The lowest BCUT2D eigenvalue weighted by atomic mass is 10.1. The molecule has 2 aromatic rings. The van der Waals surface area contributed by atoms with Gasteiger partial charge in [0.25, 0.3) is 0 Å². The van der Waals surface area contributed by atoms with Crippen LogP contribution in [0.4, 0.5) is 0 Å². The van der Waals surface area contributed by atoms with Crippen LogP contribution in [0.1, 0.15) is 18.4 Å². The minimum absolute atomic E-state index is 0.0205. The van der Waals surface area contributed by atoms with Crippen molar-refractivity contribution in [2.75, 3.05) is 13.2 Å². The third kappa shape index (κ3) is 5.48. The van der Waals surface area contributed by atoms with E-state index in [9.17, 15) is 4.79 Å². The molecule has 22 heavy (non-hydrogen) atoms. The van der Waals surface area contributed by atoms with Crippen LogP contribution in [-0.4, -0.2) is 24.3 Å². The Balaban J connectivity index is 1.67. The van der Waals surface area contributed by atoms with E-state index in [1.807, 2.05) is 42.5 Å². The van der Waals surface area contributed by atoms with Gasteiger partial charge in [0, 0.05) is 5.56 Å². The molecule has 0 aromatic heterocycles. The van der Waals surface area contributed by atoms with Crippen LogP contribution < -0.4 is 9.47 Å². The molecule has 0 saturated heterocycles. The lowest BCUT2D eigenvalue weighted by molar-refractivity contribution is -0.136. The van der Waals surface area contributed by atoms with Gasteiger partial charge in [0.1, 0.15) is 11.5 Å². The molecule has 2 rings (SSSR count). The maximum atomic E-state index is 10.8. The average Bonchev–Trinajstić information content (AvgIpc) is 2.52. The van der Waals surface area contributed by atoms with E-state index in [0.29, 0.717) is 24.5 Å². The number of hydrogen-bond donors (Lipinski definition) is 1. The van der Waals surface area contributed by atoms with Crippen LogP contribution >= 0.6 is 0 Å². The lowest BCUT2D eigenvalue weighted by Crippen LogP contribution is -2.06. The van der Waals surface area contributed by atoms with Gasteiger partial charge in [-0.1, -0.05) is 36.4 Å². The molecule has 0 aliphatic carbocycles. The minimum atomic E-state index is -0.854. The van der Waals surface area contributed by atoms with Crippen molar-refractivity contribution < 1.29 is 19.4 Å². The van der Waals surface area contributed by atoms with E-state index in [0.717, 1.165) is 18.6 Å². The topological polar surface area (TPSA) is 55.8 Å². The predicted molar refractivity (Wildman–Crippen MR) is 84.4 cm³/mol. The molecule has 1 N–H and O–H groups in total. The van der Waals surface area contributed by atoms with Crippen molar-refractivity contribution >= 4 is 5.97 Å². The first-order valence-electron chi connectivity index (χ1n) is 7.36. The van der Waals surface area contributed by atoms with Crippen LogP contribution in [-0.2, 0) is 11.2 Å². The molecule has 2 aromatic carbocycles. The number of carbonyl (C=O) groups is 1. The van der Waals surface area contributed by atoms with Gasteiger partial charge in [-0.15, -0.1) is 0 Å². The molecule has 0 fully saturated rings. The molecule has 0 radical (unpaired) electrons. The Morgan fingerprint density at radius 2 is 1.50 bits per heavy atom. The molecular weight excluding hydrogens is 280 g/mol. The van der Waals surface area contributed by atoms with Gasteiger partial charge in [-0.25, -0.2) is 0 Å². The van der Waals surface area contributed by atoms with Gasteiger partial charge in [-0.2, -0.15) is 0 Å². The molecule has 0 atom stereocenters. The van der Waals surface area contributed by atoms with E-state index in [2.05, 4.69) is 0 Å². The number of hydrogen-bond acceptors (Lipinski definition) is 3. The summed E-state index contributed by atoms with van der Waals surface area (Å²) >= 11 is 0. The first kappa shape index (κ1) is 15.9. The minimum Gasteiger partial charge on any atom is -0.494 e. The van der Waals surface area contributed by atoms with Crippen LogP contribution in [0.2, 0.25) is 0 Å². The first-order valence-corrected chi connectivity index (χ1v) is 7.36. The fraction of sp³-hybridized carbons (Fsp3) is 0.278. The van der Waals surface area contributed by atoms with Crippen molar-refractivity contribution in [2.24, 2.45) is 0 Å². The maximum Gasteiger partial charge on any atom is 0.307 e. The monoisotopic (exact) mass is 300 g/mol. The second-order valence-corrected chi connectivity index (χ2v) is 4.90. The zero-order chi connectivity index (χ0) is 15.6. The van der Waals surface area contributed by atoms with E-state index >= 15 is 0 Å². The van der Waals surface area contributed by atoms with Gasteiger partial charge < -0.3 is 14.6 Å². The molecule has 0 aliphatic rings. The van der Waals surface area contributed by atoms with Crippen molar-refractivity contribution in [3.63, 3.8) is 0 Å². The number of rotatable bonds is 9. The van der Waals surface area contributed by atoms with Crippen molar-refractivity contribution in [1.82, 2.24) is 0 Å². The number of para-hydroxylation sites is 2. The van der Waals surface area contributed by atoms with Crippen LogP contribution in [0.15, 0.2) is 54.6 Å². The number of aliphatic carboxylic acids is 1. The molecule has 4 nitrogen and oxygen atoms in total. The number of ether oxygens (including phenoxy) is 2. The number of unbranched alkanes of at least 4 members (excludes halogenated alkanes) is 1. The van der Waals surface area contributed by atoms with E-state index in [1.54, 1.807) is 12.1 Å². The second-order valence-electron chi connectivity index (χ2n) is 4.90. The molecule has 4 heteroatoms. The average molecular weight is 300 g/mol. The van der Waals surface area contributed by atoms with Crippen LogP contribution in [0.25, 0.3) is 0 Å². The van der Waals surface area contributed by atoms with Crippen molar-refractivity contribution in [3.8, 4) is 11.5 Å². The summed E-state index contributed by atoms with van der Waals surface area (Å²) in [6.45, 7) is 1.19.